The largest absolute Gasteiger partial charge is 0.504 e. The third-order valence-electron chi connectivity index (χ3n) is 14.4. The van der Waals surface area contributed by atoms with Crippen molar-refractivity contribution in [1.82, 2.24) is 0 Å². The molecule has 34 nitrogen and oxygen atoms in total. The van der Waals surface area contributed by atoms with Crippen molar-refractivity contribution < 1.29 is 159 Å². The molecular formula is C55H34O34. The Hall–Kier alpha value is -13.0. The van der Waals surface area contributed by atoms with E-state index in [9.17, 15) is 121 Å². The molecule has 11 rings (SSSR count). The molecule has 2 aromatic heterocycles. The highest BCUT2D eigenvalue weighted by Crippen LogP contribution is 2.57. The number of aromatic hydroxyl groups is 19. The molecule has 5 atom stereocenters. The van der Waals surface area contributed by atoms with Crippen LogP contribution in [-0.4, -0.2) is 163 Å². The Bertz CT molecular complexity index is 4800. The molecule has 2 unspecified atom stereocenters. The zero-order valence-corrected chi connectivity index (χ0v) is 43.3. The van der Waals surface area contributed by atoms with Gasteiger partial charge in [-0.05, 0) is 42.5 Å². The molecule has 0 amide bonds. The Labute approximate surface area is 485 Å². The summed E-state index contributed by atoms with van der Waals surface area (Å²) in [4.78, 5) is 102. The maximum atomic E-state index is 15.3. The van der Waals surface area contributed by atoms with Gasteiger partial charge in [0.15, 0.2) is 110 Å². The minimum Gasteiger partial charge on any atom is -0.504 e. The van der Waals surface area contributed by atoms with Crippen molar-refractivity contribution in [2.75, 3.05) is 6.61 Å². The van der Waals surface area contributed by atoms with Gasteiger partial charge in [-0.3, -0.25) is 0 Å². The number of esters is 5. The van der Waals surface area contributed by atoms with E-state index in [0.29, 0.717) is 24.3 Å². The normalized spacial score (nSPS) is 17.3. The number of phenolic OH excluding ortho intramolecular Hbond substituents is 19. The smallest absolute Gasteiger partial charge is 0.344 e. The fourth-order valence-electron chi connectivity index (χ4n) is 10.3. The van der Waals surface area contributed by atoms with Crippen molar-refractivity contribution in [3.8, 4) is 131 Å². The second kappa shape index (κ2) is 20.1. The highest BCUT2D eigenvalue weighted by atomic mass is 16.6. The summed E-state index contributed by atoms with van der Waals surface area (Å²) in [6, 6.07) is 2.31. The lowest BCUT2D eigenvalue weighted by molar-refractivity contribution is -0.151. The molecule has 0 spiro atoms. The first-order valence-corrected chi connectivity index (χ1v) is 24.6. The van der Waals surface area contributed by atoms with Gasteiger partial charge in [-0.1, -0.05) is 0 Å². The van der Waals surface area contributed by atoms with E-state index < -0.39 is 276 Å². The molecule has 20 N–H and O–H groups in total. The van der Waals surface area contributed by atoms with E-state index in [1.54, 1.807) is 0 Å². The molecular weight excluding hydrogens is 1200 g/mol. The van der Waals surface area contributed by atoms with Gasteiger partial charge in [0, 0.05) is 38.6 Å². The van der Waals surface area contributed by atoms with Crippen molar-refractivity contribution in [2.45, 2.75) is 30.5 Å². The first-order chi connectivity index (χ1) is 41.9. The van der Waals surface area contributed by atoms with Gasteiger partial charge in [0.25, 0.3) is 0 Å². The lowest BCUT2D eigenvalue weighted by atomic mass is 9.88. The summed E-state index contributed by atoms with van der Waals surface area (Å²) in [7, 11) is 0. The monoisotopic (exact) mass is 1240 g/mol. The van der Waals surface area contributed by atoms with Crippen molar-refractivity contribution in [3.05, 3.63) is 96.7 Å². The van der Waals surface area contributed by atoms with Gasteiger partial charge < -0.3 is 135 Å². The van der Waals surface area contributed by atoms with E-state index in [1.807, 2.05) is 0 Å². The van der Waals surface area contributed by atoms with Crippen molar-refractivity contribution in [3.63, 3.8) is 0 Å². The average molecular weight is 1240 g/mol. The van der Waals surface area contributed by atoms with E-state index in [0.717, 1.165) is 0 Å². The molecule has 458 valence electrons. The van der Waals surface area contributed by atoms with Crippen LogP contribution in [0.2, 0.25) is 0 Å². The van der Waals surface area contributed by atoms with E-state index in [-0.39, 0.29) is 18.2 Å². The number of benzene rings is 7. The minimum atomic E-state index is -3.39. The first-order valence-electron chi connectivity index (χ1n) is 24.6. The van der Waals surface area contributed by atoms with Gasteiger partial charge in [-0.2, -0.15) is 0 Å². The number of cyclic esters (lactones) is 4. The number of aliphatic hydroxyl groups is 1. The Morgan fingerprint density at radius 1 is 0.404 bits per heavy atom. The third-order valence-corrected chi connectivity index (χ3v) is 14.4. The lowest BCUT2D eigenvalue weighted by Gasteiger charge is -2.38. The molecule has 0 bridgehead atoms. The van der Waals surface area contributed by atoms with E-state index >= 15 is 14.4 Å². The van der Waals surface area contributed by atoms with Crippen LogP contribution in [0.25, 0.3) is 55.0 Å². The zero-order valence-electron chi connectivity index (χ0n) is 43.3. The van der Waals surface area contributed by atoms with Crippen LogP contribution >= 0.6 is 0 Å². The van der Waals surface area contributed by atoms with E-state index in [1.165, 1.54) is 0 Å². The second-order valence-corrected chi connectivity index (χ2v) is 19.5. The molecule has 0 saturated carbocycles. The predicted molar refractivity (Wildman–Crippen MR) is 281 cm³/mol. The van der Waals surface area contributed by atoms with Crippen molar-refractivity contribution in [1.29, 1.82) is 0 Å². The number of ether oxygens (including phenoxy) is 5. The fraction of sp³-hybridized carbons (Fsp3) is 0.109. The number of carbonyl (C=O) groups is 5. The third kappa shape index (κ3) is 8.56. The molecule has 0 saturated heterocycles. The zero-order chi connectivity index (χ0) is 64.7. The molecule has 4 heterocycles. The highest BCUT2D eigenvalue weighted by molar-refractivity contribution is 6.23. The summed E-state index contributed by atoms with van der Waals surface area (Å²) < 4.78 is 38.9. The fourth-order valence-corrected chi connectivity index (χ4v) is 10.3. The van der Waals surface area contributed by atoms with Crippen LogP contribution in [0.3, 0.4) is 0 Å². The number of fused-ring (bicyclic) bond motifs is 6. The van der Waals surface area contributed by atoms with Crippen LogP contribution < -0.4 is 11.3 Å². The molecule has 2 aliphatic rings. The van der Waals surface area contributed by atoms with Gasteiger partial charge in [-0.15, -0.1) is 0 Å². The Kier molecular flexibility index (Phi) is 13.0. The molecule has 89 heavy (non-hydrogen) atoms. The number of carbonyl (C=O) groups excluding carboxylic acids is 5. The van der Waals surface area contributed by atoms with Crippen LogP contribution in [0.4, 0.5) is 0 Å². The maximum Gasteiger partial charge on any atom is 0.344 e. The van der Waals surface area contributed by atoms with E-state index in [2.05, 4.69) is 0 Å². The van der Waals surface area contributed by atoms with Gasteiger partial charge in [0.05, 0.1) is 38.6 Å². The molecule has 9 aromatic rings. The second-order valence-electron chi connectivity index (χ2n) is 19.5. The molecule has 0 aliphatic carbocycles. The lowest BCUT2D eigenvalue weighted by Crippen LogP contribution is -2.55. The van der Waals surface area contributed by atoms with Gasteiger partial charge >= 0.3 is 41.1 Å². The number of aliphatic hydroxyl groups excluding tert-OH is 1. The van der Waals surface area contributed by atoms with Crippen molar-refractivity contribution in [2.24, 2.45) is 0 Å². The summed E-state index contributed by atoms with van der Waals surface area (Å²) in [6.45, 7) is -1.77. The first kappa shape index (κ1) is 57.8. The van der Waals surface area contributed by atoms with Crippen molar-refractivity contribution >= 4 is 62.6 Å². The van der Waals surface area contributed by atoms with E-state index in [4.69, 9.17) is 32.5 Å². The summed E-state index contributed by atoms with van der Waals surface area (Å²) in [5.41, 5.74) is -18.8. The standard InChI is InChI=1S/C55H34O34/c56-15-1-9(2-16(57)31(15)63)49(76)84-22-8-83-50(77)10-3-17(58)32(64)37(69)23(10)24-11(4-18(59)33(65)38(24)70)51(78)85-44(22)48-47(88-52(79)12-5-19(60)34(66)39(71)25(12)26-13(53(80)89-48)6-20(61)35(67)40(26)72)42(74)30-29-28-27-14(54(81)86-46(28)43(75)41(30)73)7-21(62)36(68)45(27)87-55(29)82/h1-7,22,42,44,47-48,56-75H,8H2/t22?,42-,44?,47-,48-/m0/s1. The summed E-state index contributed by atoms with van der Waals surface area (Å²) >= 11 is 0. The highest BCUT2D eigenvalue weighted by Gasteiger charge is 2.52. The van der Waals surface area contributed by atoms with Crippen LogP contribution in [0.15, 0.2) is 60.9 Å². The van der Waals surface area contributed by atoms with Gasteiger partial charge in [-0.25, -0.2) is 33.6 Å². The average Bonchev–Trinajstić information content (AvgIpc) is 0.849. The molecule has 0 fully saturated rings. The van der Waals surface area contributed by atoms with Crippen LogP contribution in [0.1, 0.15) is 63.5 Å². The van der Waals surface area contributed by atoms with Crippen LogP contribution in [0, 0.1) is 0 Å². The Balaban J connectivity index is 1.26. The molecule has 0 radical (unpaired) electrons. The summed E-state index contributed by atoms with van der Waals surface area (Å²) in [6.07, 6.45) is -16.3. The SMILES string of the molecule is O=C(OC1COC(=O)c2cc(O)c(O)c(O)c2-c2c(cc(O)c(O)c2O)C(=O)OC1[C@@H]1OC(=O)c2cc(O)c(O)c(O)c2-c2c(cc(O)c(O)c2O)C(=O)O[C@H]1[C@@H](O)c1c(O)c(O)c2oc(=O)c3cc(O)c(O)c4oc(=O)c1c2c43)c1cc(O)c(O)c(O)c1. The maximum absolute atomic E-state index is 15.3. The topological polar surface area (TPSA) is 597 Å². The van der Waals surface area contributed by atoms with Crippen LogP contribution in [-0.2, 0) is 23.7 Å². The molecule has 7 aromatic carbocycles. The molecule has 2 aliphatic heterocycles. The Morgan fingerprint density at radius 3 is 1.27 bits per heavy atom. The predicted octanol–water partition coefficient (Wildman–Crippen LogP) is 2.65. The number of phenols is 19. The summed E-state index contributed by atoms with van der Waals surface area (Å²) in [5.74, 6) is -38.7. The minimum absolute atomic E-state index is 0.204. The Morgan fingerprint density at radius 2 is 0.798 bits per heavy atom. The van der Waals surface area contributed by atoms with Crippen LogP contribution in [0.5, 0.6) is 109 Å². The number of hydrogen-bond donors (Lipinski definition) is 20. The number of hydrogen-bond acceptors (Lipinski definition) is 34. The molecule has 34 heteroatoms. The van der Waals surface area contributed by atoms with Gasteiger partial charge in [0.1, 0.15) is 12.7 Å². The quantitative estimate of drug-likeness (QED) is 0.0387. The van der Waals surface area contributed by atoms with Gasteiger partial charge in [0.2, 0.25) is 34.5 Å². The number of rotatable bonds is 5. The summed E-state index contributed by atoms with van der Waals surface area (Å²) in [5, 5.41) is 218.